The monoisotopic (exact) mass is 301 g/mol. The van der Waals surface area contributed by atoms with E-state index >= 15 is 0 Å². The van der Waals surface area contributed by atoms with Crippen LogP contribution < -0.4 is 10.7 Å². The van der Waals surface area contributed by atoms with Crippen molar-refractivity contribution in [2.75, 3.05) is 6.54 Å². The normalized spacial score (nSPS) is 21.7. The van der Waals surface area contributed by atoms with Gasteiger partial charge in [-0.3, -0.25) is 15.0 Å². The topological polar surface area (TPSA) is 61.4 Å². The smallest absolute Gasteiger partial charge is 0.269 e. The van der Waals surface area contributed by atoms with Crippen molar-refractivity contribution in [3.63, 3.8) is 0 Å². The third-order valence-electron chi connectivity index (χ3n) is 4.54. The van der Waals surface area contributed by atoms with Gasteiger partial charge in [-0.25, -0.2) is 5.01 Å². The van der Waals surface area contributed by atoms with Crippen LogP contribution in [0.3, 0.4) is 0 Å². The molecule has 5 nitrogen and oxygen atoms in total. The molecule has 5 heteroatoms. The van der Waals surface area contributed by atoms with Crippen molar-refractivity contribution in [2.45, 2.75) is 50.6 Å². The van der Waals surface area contributed by atoms with E-state index in [1.807, 2.05) is 18.2 Å². The van der Waals surface area contributed by atoms with Crippen LogP contribution in [-0.2, 0) is 4.79 Å². The summed E-state index contributed by atoms with van der Waals surface area (Å²) in [5.74, 6) is -0.201. The Kier molecular flexibility index (Phi) is 4.73. The number of rotatable bonds is 3. The minimum atomic E-state index is -0.209. The van der Waals surface area contributed by atoms with Gasteiger partial charge in [0.05, 0.1) is 12.1 Å². The lowest BCUT2D eigenvalue weighted by Crippen LogP contribution is -2.56. The van der Waals surface area contributed by atoms with E-state index in [1.165, 1.54) is 0 Å². The first-order chi connectivity index (χ1) is 10.8. The zero-order chi connectivity index (χ0) is 15.4. The SMILES string of the molecule is O=C(NN(C(=O)C1CCCN1)C1CCCC1)c1ccccc1. The minimum absolute atomic E-state index is 0.00804. The van der Waals surface area contributed by atoms with Gasteiger partial charge in [-0.05, 0) is 44.4 Å². The van der Waals surface area contributed by atoms with Crippen LogP contribution in [0.5, 0.6) is 0 Å². The van der Waals surface area contributed by atoms with Crippen LogP contribution >= 0.6 is 0 Å². The van der Waals surface area contributed by atoms with Gasteiger partial charge in [0.2, 0.25) is 0 Å². The van der Waals surface area contributed by atoms with Crippen molar-refractivity contribution in [1.29, 1.82) is 0 Å². The maximum absolute atomic E-state index is 12.7. The second kappa shape index (κ2) is 6.92. The summed E-state index contributed by atoms with van der Waals surface area (Å²) in [7, 11) is 0. The Morgan fingerprint density at radius 2 is 1.77 bits per heavy atom. The van der Waals surface area contributed by atoms with E-state index in [4.69, 9.17) is 0 Å². The number of hydrogen-bond donors (Lipinski definition) is 2. The van der Waals surface area contributed by atoms with E-state index in [-0.39, 0.29) is 23.9 Å². The van der Waals surface area contributed by atoms with Gasteiger partial charge < -0.3 is 5.32 Å². The Balaban J connectivity index is 1.73. The number of nitrogens with zero attached hydrogens (tertiary/aromatic N) is 1. The molecule has 1 aromatic carbocycles. The van der Waals surface area contributed by atoms with Crippen LogP contribution in [0, 0.1) is 0 Å². The molecular weight excluding hydrogens is 278 g/mol. The first-order valence-corrected chi connectivity index (χ1v) is 8.18. The van der Waals surface area contributed by atoms with E-state index in [0.29, 0.717) is 5.56 Å². The van der Waals surface area contributed by atoms with E-state index in [0.717, 1.165) is 45.1 Å². The maximum Gasteiger partial charge on any atom is 0.269 e. The van der Waals surface area contributed by atoms with Crippen molar-refractivity contribution >= 4 is 11.8 Å². The minimum Gasteiger partial charge on any atom is -0.306 e. The molecule has 1 aliphatic heterocycles. The van der Waals surface area contributed by atoms with Crippen molar-refractivity contribution in [1.82, 2.24) is 15.8 Å². The standard InChI is InChI=1S/C17H23N3O2/c21-16(13-7-2-1-3-8-13)19-20(14-9-4-5-10-14)17(22)15-11-6-12-18-15/h1-3,7-8,14-15,18H,4-6,9-12H2,(H,19,21). The molecule has 2 aliphatic rings. The molecule has 1 saturated heterocycles. The highest BCUT2D eigenvalue weighted by molar-refractivity contribution is 5.96. The van der Waals surface area contributed by atoms with Gasteiger partial charge >= 0.3 is 0 Å². The van der Waals surface area contributed by atoms with Gasteiger partial charge in [0, 0.05) is 5.56 Å². The van der Waals surface area contributed by atoms with Crippen LogP contribution in [0.2, 0.25) is 0 Å². The van der Waals surface area contributed by atoms with E-state index in [1.54, 1.807) is 17.1 Å². The fourth-order valence-corrected chi connectivity index (χ4v) is 3.32. The van der Waals surface area contributed by atoms with Gasteiger partial charge in [0.1, 0.15) is 0 Å². The summed E-state index contributed by atoms with van der Waals surface area (Å²) in [6.07, 6.45) is 6.04. The van der Waals surface area contributed by atoms with E-state index < -0.39 is 0 Å². The van der Waals surface area contributed by atoms with Crippen LogP contribution in [0.4, 0.5) is 0 Å². The lowest BCUT2D eigenvalue weighted by molar-refractivity contribution is -0.138. The molecule has 0 spiro atoms. The molecule has 0 bridgehead atoms. The van der Waals surface area contributed by atoms with Crippen molar-refractivity contribution in [3.05, 3.63) is 35.9 Å². The van der Waals surface area contributed by atoms with Gasteiger partial charge in [-0.2, -0.15) is 0 Å². The zero-order valence-electron chi connectivity index (χ0n) is 12.8. The summed E-state index contributed by atoms with van der Waals surface area (Å²) in [4.78, 5) is 25.2. The molecule has 2 N–H and O–H groups in total. The van der Waals surface area contributed by atoms with Crippen molar-refractivity contribution < 1.29 is 9.59 Å². The summed E-state index contributed by atoms with van der Waals surface area (Å²) in [5.41, 5.74) is 3.44. The Morgan fingerprint density at radius 1 is 1.05 bits per heavy atom. The van der Waals surface area contributed by atoms with Crippen LogP contribution in [0.15, 0.2) is 30.3 Å². The summed E-state index contributed by atoms with van der Waals surface area (Å²) in [5, 5.41) is 4.83. The molecule has 2 amide bonds. The highest BCUT2D eigenvalue weighted by Gasteiger charge is 2.34. The Labute approximate surface area is 131 Å². The molecule has 1 saturated carbocycles. The number of carbonyl (C=O) groups is 2. The van der Waals surface area contributed by atoms with Crippen LogP contribution in [-0.4, -0.2) is 35.5 Å². The second-order valence-corrected chi connectivity index (χ2v) is 6.10. The molecular formula is C17H23N3O2. The average Bonchev–Trinajstić information content (AvgIpc) is 3.25. The molecule has 0 radical (unpaired) electrons. The Bertz CT molecular complexity index is 520. The predicted molar refractivity (Wildman–Crippen MR) is 84.0 cm³/mol. The highest BCUT2D eigenvalue weighted by Crippen LogP contribution is 2.24. The quantitative estimate of drug-likeness (QED) is 0.838. The summed E-state index contributed by atoms with van der Waals surface area (Å²) in [6.45, 7) is 0.877. The molecule has 3 rings (SSSR count). The van der Waals surface area contributed by atoms with Crippen molar-refractivity contribution in [3.8, 4) is 0 Å². The predicted octanol–water partition coefficient (Wildman–Crippen LogP) is 1.85. The largest absolute Gasteiger partial charge is 0.306 e. The molecule has 22 heavy (non-hydrogen) atoms. The molecule has 1 unspecified atom stereocenters. The number of nitrogens with one attached hydrogen (secondary N) is 2. The fraction of sp³-hybridized carbons (Fsp3) is 0.529. The third kappa shape index (κ3) is 3.30. The van der Waals surface area contributed by atoms with Gasteiger partial charge in [0.15, 0.2) is 0 Å². The van der Waals surface area contributed by atoms with Gasteiger partial charge in [0.25, 0.3) is 11.8 Å². The van der Waals surface area contributed by atoms with Crippen LogP contribution in [0.25, 0.3) is 0 Å². The summed E-state index contributed by atoms with van der Waals surface area (Å²) >= 11 is 0. The fourth-order valence-electron chi connectivity index (χ4n) is 3.32. The number of hydrogen-bond acceptors (Lipinski definition) is 3. The molecule has 2 fully saturated rings. The zero-order valence-corrected chi connectivity index (χ0v) is 12.8. The van der Waals surface area contributed by atoms with Gasteiger partial charge in [-0.1, -0.05) is 31.0 Å². The average molecular weight is 301 g/mol. The number of amides is 2. The highest BCUT2D eigenvalue weighted by atomic mass is 16.2. The number of hydrazine groups is 1. The summed E-state index contributed by atoms with van der Waals surface area (Å²) in [6, 6.07) is 9.03. The van der Waals surface area contributed by atoms with Crippen LogP contribution in [0.1, 0.15) is 48.9 Å². The maximum atomic E-state index is 12.7. The Hall–Kier alpha value is -1.88. The summed E-state index contributed by atoms with van der Waals surface area (Å²) < 4.78 is 0. The number of carbonyl (C=O) groups excluding carboxylic acids is 2. The lowest BCUT2D eigenvalue weighted by atomic mass is 10.1. The molecule has 1 aromatic rings. The lowest BCUT2D eigenvalue weighted by Gasteiger charge is -2.31. The molecule has 1 aliphatic carbocycles. The first-order valence-electron chi connectivity index (χ1n) is 8.18. The van der Waals surface area contributed by atoms with Gasteiger partial charge in [-0.15, -0.1) is 0 Å². The third-order valence-corrected chi connectivity index (χ3v) is 4.54. The van der Waals surface area contributed by atoms with Crippen molar-refractivity contribution in [2.24, 2.45) is 0 Å². The number of benzene rings is 1. The van der Waals surface area contributed by atoms with E-state index in [2.05, 4.69) is 10.7 Å². The first kappa shape index (κ1) is 15.0. The molecule has 0 aromatic heterocycles. The second-order valence-electron chi connectivity index (χ2n) is 6.10. The molecule has 1 atom stereocenters. The van der Waals surface area contributed by atoms with E-state index in [9.17, 15) is 9.59 Å². The Morgan fingerprint density at radius 3 is 2.41 bits per heavy atom. The molecule has 1 heterocycles. The molecule has 118 valence electrons.